The molecule has 0 saturated carbocycles. The van der Waals surface area contributed by atoms with Crippen LogP contribution in [0, 0.1) is 11.3 Å². The Kier molecular flexibility index (Phi) is 3.77. The van der Waals surface area contributed by atoms with Crippen LogP contribution in [-0.4, -0.2) is 8.42 Å². The summed E-state index contributed by atoms with van der Waals surface area (Å²) < 4.78 is 23.0. The standard InChI is InChI=1S/C9H7BrClNO2S/c1-2-6-3-7(10)4-9(8(6)5-12)15(11,13)14/h3-4H,2H2,1H3. The zero-order chi connectivity index (χ0) is 11.6. The average molecular weight is 309 g/mol. The van der Waals surface area contributed by atoms with E-state index in [1.165, 1.54) is 6.07 Å². The van der Waals surface area contributed by atoms with Crippen LogP contribution in [0.15, 0.2) is 21.5 Å². The number of rotatable bonds is 2. The Labute approximate surface area is 101 Å². The predicted octanol–water partition coefficient (Wildman–Crippen LogP) is 2.81. The Balaban J connectivity index is 3.66. The summed E-state index contributed by atoms with van der Waals surface area (Å²) in [5, 5.41) is 8.90. The number of aryl methyl sites for hydroxylation is 1. The largest absolute Gasteiger partial charge is 0.262 e. The van der Waals surface area contributed by atoms with Gasteiger partial charge in [-0.3, -0.25) is 0 Å². The highest BCUT2D eigenvalue weighted by Crippen LogP contribution is 2.27. The van der Waals surface area contributed by atoms with Gasteiger partial charge < -0.3 is 0 Å². The summed E-state index contributed by atoms with van der Waals surface area (Å²) in [6.07, 6.45) is 0.571. The molecule has 0 heterocycles. The quantitative estimate of drug-likeness (QED) is 0.789. The first kappa shape index (κ1) is 12.5. The van der Waals surface area contributed by atoms with Crippen molar-refractivity contribution in [3.8, 4) is 6.07 Å². The van der Waals surface area contributed by atoms with Crippen molar-refractivity contribution in [3.05, 3.63) is 27.7 Å². The van der Waals surface area contributed by atoms with Crippen LogP contribution in [0.5, 0.6) is 0 Å². The second-order valence-electron chi connectivity index (χ2n) is 2.84. The molecule has 0 atom stereocenters. The molecule has 0 N–H and O–H groups in total. The smallest absolute Gasteiger partial charge is 0.207 e. The molecule has 0 aliphatic carbocycles. The van der Waals surface area contributed by atoms with Crippen molar-refractivity contribution in [2.24, 2.45) is 0 Å². The minimum absolute atomic E-state index is 0.121. The minimum Gasteiger partial charge on any atom is -0.207 e. The van der Waals surface area contributed by atoms with Gasteiger partial charge in [0.25, 0.3) is 9.05 Å². The van der Waals surface area contributed by atoms with Gasteiger partial charge in [0.1, 0.15) is 11.0 Å². The van der Waals surface area contributed by atoms with Crippen LogP contribution < -0.4 is 0 Å². The minimum atomic E-state index is -3.88. The lowest BCUT2D eigenvalue weighted by Gasteiger charge is -2.06. The van der Waals surface area contributed by atoms with Crippen LogP contribution in [0.4, 0.5) is 0 Å². The van der Waals surface area contributed by atoms with Crippen molar-refractivity contribution in [1.82, 2.24) is 0 Å². The molecule has 0 saturated heterocycles. The Morgan fingerprint density at radius 2 is 2.13 bits per heavy atom. The zero-order valence-corrected chi connectivity index (χ0v) is 10.9. The molecule has 0 radical (unpaired) electrons. The highest BCUT2D eigenvalue weighted by atomic mass is 79.9. The second kappa shape index (κ2) is 4.52. The summed E-state index contributed by atoms with van der Waals surface area (Å²) in [5.74, 6) is 0. The van der Waals surface area contributed by atoms with E-state index < -0.39 is 9.05 Å². The van der Waals surface area contributed by atoms with E-state index in [4.69, 9.17) is 15.9 Å². The van der Waals surface area contributed by atoms with Crippen molar-refractivity contribution in [1.29, 1.82) is 5.26 Å². The Hall–Kier alpha value is -0.570. The van der Waals surface area contributed by atoms with Gasteiger partial charge in [0.15, 0.2) is 0 Å². The topological polar surface area (TPSA) is 57.9 Å². The third kappa shape index (κ3) is 2.71. The number of hydrogen-bond donors (Lipinski definition) is 0. The highest BCUT2D eigenvalue weighted by Gasteiger charge is 2.19. The maximum Gasteiger partial charge on any atom is 0.262 e. The van der Waals surface area contributed by atoms with Crippen molar-refractivity contribution in [2.75, 3.05) is 0 Å². The van der Waals surface area contributed by atoms with Gasteiger partial charge in [0.05, 0.1) is 5.56 Å². The van der Waals surface area contributed by atoms with E-state index in [1.807, 2.05) is 13.0 Å². The van der Waals surface area contributed by atoms with Gasteiger partial charge in [-0.2, -0.15) is 5.26 Å². The van der Waals surface area contributed by atoms with Crippen molar-refractivity contribution >= 4 is 35.7 Å². The number of nitriles is 1. The summed E-state index contributed by atoms with van der Waals surface area (Å²) in [6.45, 7) is 1.84. The summed E-state index contributed by atoms with van der Waals surface area (Å²) >= 11 is 3.18. The summed E-state index contributed by atoms with van der Waals surface area (Å²) in [6, 6.07) is 4.91. The Bertz CT molecular complexity index is 534. The lowest BCUT2D eigenvalue weighted by molar-refractivity contribution is 0.609. The molecular formula is C9H7BrClNO2S. The summed E-state index contributed by atoms with van der Waals surface area (Å²) in [7, 11) is 1.36. The van der Waals surface area contributed by atoms with Crippen LogP contribution >= 0.6 is 26.6 Å². The van der Waals surface area contributed by atoms with Gasteiger partial charge in [0, 0.05) is 15.2 Å². The van der Waals surface area contributed by atoms with E-state index in [9.17, 15) is 8.42 Å². The van der Waals surface area contributed by atoms with Crippen molar-refractivity contribution in [3.63, 3.8) is 0 Å². The third-order valence-electron chi connectivity index (χ3n) is 1.90. The molecule has 0 aromatic heterocycles. The second-order valence-corrected chi connectivity index (χ2v) is 6.29. The Morgan fingerprint density at radius 3 is 2.53 bits per heavy atom. The SMILES string of the molecule is CCc1cc(Br)cc(S(=O)(=O)Cl)c1C#N. The number of hydrogen-bond acceptors (Lipinski definition) is 3. The maximum absolute atomic E-state index is 11.2. The normalized spacial score (nSPS) is 11.1. The number of nitrogens with zero attached hydrogens (tertiary/aromatic N) is 1. The molecule has 1 rings (SSSR count). The number of halogens is 2. The first-order valence-corrected chi connectivity index (χ1v) is 7.17. The lowest BCUT2D eigenvalue weighted by Crippen LogP contribution is -1.99. The van der Waals surface area contributed by atoms with Crippen molar-refractivity contribution < 1.29 is 8.42 Å². The lowest BCUT2D eigenvalue weighted by atomic mass is 10.1. The molecule has 0 spiro atoms. The fraction of sp³-hybridized carbons (Fsp3) is 0.222. The van der Waals surface area contributed by atoms with E-state index in [0.717, 1.165) is 0 Å². The fourth-order valence-electron chi connectivity index (χ4n) is 1.23. The molecule has 80 valence electrons. The molecule has 15 heavy (non-hydrogen) atoms. The summed E-state index contributed by atoms with van der Waals surface area (Å²) in [4.78, 5) is -0.141. The van der Waals surface area contributed by atoms with Crippen LogP contribution in [0.2, 0.25) is 0 Å². The van der Waals surface area contributed by atoms with Gasteiger partial charge >= 0.3 is 0 Å². The van der Waals surface area contributed by atoms with Crippen LogP contribution in [-0.2, 0) is 15.5 Å². The molecule has 0 amide bonds. The molecule has 0 aliphatic heterocycles. The van der Waals surface area contributed by atoms with Gasteiger partial charge in [-0.1, -0.05) is 22.9 Å². The van der Waals surface area contributed by atoms with Crippen LogP contribution in [0.25, 0.3) is 0 Å². The Morgan fingerprint density at radius 1 is 1.53 bits per heavy atom. The van der Waals surface area contributed by atoms with Gasteiger partial charge in [0.2, 0.25) is 0 Å². The maximum atomic E-state index is 11.2. The van der Waals surface area contributed by atoms with Crippen LogP contribution in [0.1, 0.15) is 18.1 Å². The first-order chi connectivity index (χ1) is 6.90. The average Bonchev–Trinajstić information content (AvgIpc) is 2.15. The monoisotopic (exact) mass is 307 g/mol. The van der Waals surface area contributed by atoms with Gasteiger partial charge in [-0.05, 0) is 24.1 Å². The van der Waals surface area contributed by atoms with E-state index in [2.05, 4.69) is 15.9 Å². The van der Waals surface area contributed by atoms with Gasteiger partial charge in [-0.15, -0.1) is 0 Å². The van der Waals surface area contributed by atoms with Gasteiger partial charge in [-0.25, -0.2) is 8.42 Å². The zero-order valence-electron chi connectivity index (χ0n) is 7.79. The van der Waals surface area contributed by atoms with E-state index in [0.29, 0.717) is 16.5 Å². The molecular weight excluding hydrogens is 302 g/mol. The first-order valence-electron chi connectivity index (χ1n) is 4.07. The molecule has 3 nitrogen and oxygen atoms in total. The van der Waals surface area contributed by atoms with E-state index >= 15 is 0 Å². The predicted molar refractivity (Wildman–Crippen MR) is 61.3 cm³/mol. The molecule has 0 bridgehead atoms. The van der Waals surface area contributed by atoms with E-state index in [1.54, 1.807) is 6.07 Å². The van der Waals surface area contributed by atoms with E-state index in [-0.39, 0.29) is 10.5 Å². The molecule has 1 aromatic rings. The fourth-order valence-corrected chi connectivity index (χ4v) is 2.94. The molecule has 1 aromatic carbocycles. The molecule has 6 heteroatoms. The highest BCUT2D eigenvalue weighted by molar-refractivity contribution is 9.10. The van der Waals surface area contributed by atoms with Crippen molar-refractivity contribution in [2.45, 2.75) is 18.2 Å². The molecule has 0 unspecified atom stereocenters. The summed E-state index contributed by atoms with van der Waals surface area (Å²) in [5.41, 5.74) is 0.779. The van der Waals surface area contributed by atoms with Crippen LogP contribution in [0.3, 0.4) is 0 Å². The number of benzene rings is 1. The third-order valence-corrected chi connectivity index (χ3v) is 3.71. The molecule has 0 aliphatic rings. The molecule has 0 fully saturated rings.